The third kappa shape index (κ3) is 1.79. The quantitative estimate of drug-likeness (QED) is 0.602. The van der Waals surface area contributed by atoms with Gasteiger partial charge in [0.1, 0.15) is 5.41 Å². The van der Waals surface area contributed by atoms with Crippen molar-refractivity contribution in [3.63, 3.8) is 0 Å². The highest BCUT2D eigenvalue weighted by Gasteiger charge is 2.70. The Balaban J connectivity index is 2.08. The zero-order valence-corrected chi connectivity index (χ0v) is 15.0. The van der Waals surface area contributed by atoms with E-state index in [1.807, 2.05) is 13.8 Å². The Hall–Kier alpha value is -2.04. The van der Waals surface area contributed by atoms with Gasteiger partial charge in [-0.2, -0.15) is 0 Å². The number of rotatable bonds is 1. The third-order valence-electron chi connectivity index (χ3n) is 6.56. The van der Waals surface area contributed by atoms with E-state index in [0.29, 0.717) is 17.5 Å². The molecule has 2 aliphatic carbocycles. The van der Waals surface area contributed by atoms with Crippen molar-refractivity contribution in [3.8, 4) is 11.5 Å². The summed E-state index contributed by atoms with van der Waals surface area (Å²) in [7, 11) is 0. The van der Waals surface area contributed by atoms with Gasteiger partial charge in [0.2, 0.25) is 5.78 Å². The Morgan fingerprint density at radius 3 is 2.48 bits per heavy atom. The smallest absolute Gasteiger partial charge is 0.317 e. The summed E-state index contributed by atoms with van der Waals surface area (Å²) in [6.07, 6.45) is 1.45. The van der Waals surface area contributed by atoms with Crippen LogP contribution in [-0.4, -0.2) is 28.1 Å². The molecule has 0 spiro atoms. The topological polar surface area (TPSA) is 83.8 Å². The lowest BCUT2D eigenvalue weighted by Crippen LogP contribution is -2.54. The molecule has 1 saturated carbocycles. The molecule has 2 bridgehead atoms. The molecular formula is C20H24O5. The minimum absolute atomic E-state index is 0.0590. The molecule has 3 unspecified atom stereocenters. The van der Waals surface area contributed by atoms with Crippen LogP contribution in [0.3, 0.4) is 0 Å². The Morgan fingerprint density at radius 2 is 1.84 bits per heavy atom. The third-order valence-corrected chi connectivity index (χ3v) is 6.56. The van der Waals surface area contributed by atoms with Gasteiger partial charge in [0.05, 0.1) is 0 Å². The van der Waals surface area contributed by atoms with E-state index in [4.69, 9.17) is 4.74 Å². The second-order valence-electron chi connectivity index (χ2n) is 8.72. The van der Waals surface area contributed by atoms with Crippen LogP contribution in [0.5, 0.6) is 11.5 Å². The van der Waals surface area contributed by atoms with Crippen molar-refractivity contribution in [1.29, 1.82) is 0 Å². The molecule has 5 nitrogen and oxygen atoms in total. The maximum Gasteiger partial charge on any atom is 0.317 e. The maximum atomic E-state index is 13.1. The number of hydrogen-bond donors (Lipinski definition) is 2. The highest BCUT2D eigenvalue weighted by atomic mass is 16.6. The van der Waals surface area contributed by atoms with E-state index in [9.17, 15) is 19.8 Å². The average molecular weight is 344 g/mol. The Morgan fingerprint density at radius 1 is 1.16 bits per heavy atom. The lowest BCUT2D eigenvalue weighted by atomic mass is 9.49. The Bertz CT molecular complexity index is 807. The lowest BCUT2D eigenvalue weighted by Gasteiger charge is -2.49. The van der Waals surface area contributed by atoms with Gasteiger partial charge in [-0.3, -0.25) is 9.59 Å². The second kappa shape index (κ2) is 4.77. The van der Waals surface area contributed by atoms with Crippen LogP contribution < -0.4 is 0 Å². The number of esters is 1. The molecule has 25 heavy (non-hydrogen) atoms. The van der Waals surface area contributed by atoms with Gasteiger partial charge in [0.25, 0.3) is 0 Å². The monoisotopic (exact) mass is 344 g/mol. The zero-order valence-electron chi connectivity index (χ0n) is 15.0. The molecule has 1 aromatic rings. The first-order valence-corrected chi connectivity index (χ1v) is 8.97. The molecule has 0 radical (unpaired) electrons. The van der Waals surface area contributed by atoms with Crippen LogP contribution in [0.4, 0.5) is 0 Å². The van der Waals surface area contributed by atoms with Crippen LogP contribution in [-0.2, 0) is 14.9 Å². The number of ketones is 1. The zero-order chi connectivity index (χ0) is 18.3. The number of phenols is 2. The van der Waals surface area contributed by atoms with Crippen molar-refractivity contribution in [2.24, 2.45) is 11.3 Å². The fourth-order valence-electron chi connectivity index (χ4n) is 5.49. The van der Waals surface area contributed by atoms with Gasteiger partial charge in [-0.05, 0) is 30.2 Å². The van der Waals surface area contributed by atoms with E-state index in [1.165, 1.54) is 0 Å². The van der Waals surface area contributed by atoms with E-state index in [2.05, 4.69) is 13.8 Å². The Kier molecular flexibility index (Phi) is 3.14. The molecule has 1 heterocycles. The van der Waals surface area contributed by atoms with Gasteiger partial charge in [-0.15, -0.1) is 0 Å². The van der Waals surface area contributed by atoms with Gasteiger partial charge in [-0.25, -0.2) is 0 Å². The minimum Gasteiger partial charge on any atom is -0.504 e. The molecular weight excluding hydrogens is 320 g/mol. The molecule has 1 aromatic carbocycles. The van der Waals surface area contributed by atoms with Crippen LogP contribution >= 0.6 is 0 Å². The van der Waals surface area contributed by atoms with Gasteiger partial charge in [0, 0.05) is 22.6 Å². The largest absolute Gasteiger partial charge is 0.504 e. The highest BCUT2D eigenvalue weighted by molar-refractivity contribution is 6.10. The van der Waals surface area contributed by atoms with Gasteiger partial charge in [0.15, 0.2) is 17.6 Å². The number of aromatic hydroxyl groups is 2. The van der Waals surface area contributed by atoms with Crippen LogP contribution in [0.15, 0.2) is 6.07 Å². The van der Waals surface area contributed by atoms with E-state index in [-0.39, 0.29) is 40.1 Å². The van der Waals surface area contributed by atoms with Crippen molar-refractivity contribution < 1.29 is 24.5 Å². The molecule has 2 fully saturated rings. The summed E-state index contributed by atoms with van der Waals surface area (Å²) in [6, 6.07) is 1.64. The molecule has 3 atom stereocenters. The van der Waals surface area contributed by atoms with Crippen LogP contribution in [0.2, 0.25) is 0 Å². The molecule has 2 N–H and O–H groups in total. The summed E-state index contributed by atoms with van der Waals surface area (Å²) >= 11 is 0. The summed E-state index contributed by atoms with van der Waals surface area (Å²) in [6.45, 7) is 7.88. The minimum atomic E-state index is -1.03. The van der Waals surface area contributed by atoms with Crippen molar-refractivity contribution in [3.05, 3.63) is 22.8 Å². The SMILES string of the molecule is CC(C)c1cc2c(c(O)c1O)C13CCCC(C)(C)C1C(OC3=O)C2=O. The van der Waals surface area contributed by atoms with Crippen LogP contribution in [0.1, 0.15) is 74.4 Å². The molecule has 1 aliphatic heterocycles. The number of carbonyl (C=O) groups is 2. The first-order chi connectivity index (χ1) is 11.6. The summed E-state index contributed by atoms with van der Waals surface area (Å²) in [5, 5.41) is 21.3. The van der Waals surface area contributed by atoms with E-state index >= 15 is 0 Å². The van der Waals surface area contributed by atoms with Gasteiger partial charge < -0.3 is 14.9 Å². The number of phenolic OH excluding ortho intramolecular Hbond substituents is 2. The summed E-state index contributed by atoms with van der Waals surface area (Å²) in [5.41, 5.74) is -0.158. The maximum absolute atomic E-state index is 13.1. The highest BCUT2D eigenvalue weighted by Crippen LogP contribution is 2.64. The predicted octanol–water partition coefficient (Wildman–Crippen LogP) is 3.41. The first kappa shape index (κ1) is 16.4. The number of benzene rings is 1. The molecule has 0 amide bonds. The van der Waals surface area contributed by atoms with Gasteiger partial charge in [-0.1, -0.05) is 34.1 Å². The van der Waals surface area contributed by atoms with E-state index in [0.717, 1.165) is 12.8 Å². The fraction of sp³-hybridized carbons (Fsp3) is 0.600. The molecule has 3 aliphatic rings. The molecule has 1 saturated heterocycles. The van der Waals surface area contributed by atoms with Gasteiger partial charge >= 0.3 is 5.97 Å². The summed E-state index contributed by atoms with van der Waals surface area (Å²) < 4.78 is 5.57. The number of hydrogen-bond acceptors (Lipinski definition) is 5. The molecule has 4 rings (SSSR count). The number of fused-ring (bicyclic) bond motifs is 1. The number of ether oxygens (including phenoxy) is 1. The van der Waals surface area contributed by atoms with Crippen molar-refractivity contribution in [2.75, 3.05) is 0 Å². The van der Waals surface area contributed by atoms with Crippen LogP contribution in [0.25, 0.3) is 0 Å². The molecule has 134 valence electrons. The number of carbonyl (C=O) groups excluding carboxylic acids is 2. The predicted molar refractivity (Wildman–Crippen MR) is 90.9 cm³/mol. The molecule has 0 aromatic heterocycles. The fourth-order valence-corrected chi connectivity index (χ4v) is 5.49. The summed E-state index contributed by atoms with van der Waals surface area (Å²) in [5.74, 6) is -1.61. The van der Waals surface area contributed by atoms with Crippen molar-refractivity contribution >= 4 is 11.8 Å². The summed E-state index contributed by atoms with van der Waals surface area (Å²) in [4.78, 5) is 26.1. The first-order valence-electron chi connectivity index (χ1n) is 8.97. The van der Waals surface area contributed by atoms with Crippen molar-refractivity contribution in [2.45, 2.75) is 64.4 Å². The lowest BCUT2D eigenvalue weighted by molar-refractivity contribution is -0.144. The Labute approximate surface area is 147 Å². The molecule has 5 heteroatoms. The second-order valence-corrected chi connectivity index (χ2v) is 8.72. The van der Waals surface area contributed by atoms with Crippen LogP contribution in [0, 0.1) is 11.3 Å². The van der Waals surface area contributed by atoms with E-state index < -0.39 is 17.5 Å². The van der Waals surface area contributed by atoms with E-state index in [1.54, 1.807) is 6.07 Å². The van der Waals surface area contributed by atoms with Crippen molar-refractivity contribution in [1.82, 2.24) is 0 Å². The normalized spacial score (nSPS) is 32.4. The number of Topliss-reactive ketones (excluding diaryl/α,β-unsaturated/α-hetero) is 1. The standard InChI is InChI=1S/C20H24O5/c1-9(2)10-8-11-12(15(23)13(10)21)20-7-5-6-19(3,4)17(20)16(14(11)22)25-18(20)24/h8-9,16-17,21,23H,5-7H2,1-4H3. The average Bonchev–Trinajstić information content (AvgIpc) is 2.79.